The lowest BCUT2D eigenvalue weighted by Gasteiger charge is -2.45. The van der Waals surface area contributed by atoms with Crippen molar-refractivity contribution in [3.63, 3.8) is 0 Å². The lowest BCUT2D eigenvalue weighted by atomic mass is 9.96. The Morgan fingerprint density at radius 2 is 2.16 bits per heavy atom. The summed E-state index contributed by atoms with van der Waals surface area (Å²) in [4.78, 5) is 2.72. The molecule has 3 nitrogen and oxygen atoms in total. The molecule has 3 heteroatoms. The molecule has 2 aliphatic rings. The molecule has 2 aliphatic heterocycles. The third kappa shape index (κ3) is 4.73. The molecule has 2 unspecified atom stereocenters. The summed E-state index contributed by atoms with van der Waals surface area (Å²) in [7, 11) is 0. The van der Waals surface area contributed by atoms with Crippen molar-refractivity contribution in [3.8, 4) is 0 Å². The van der Waals surface area contributed by atoms with Gasteiger partial charge in [0.2, 0.25) is 0 Å². The summed E-state index contributed by atoms with van der Waals surface area (Å²) in [5.41, 5.74) is 0.272. The van der Waals surface area contributed by atoms with E-state index in [0.717, 1.165) is 19.2 Å². The number of piperazine rings is 1. The summed E-state index contributed by atoms with van der Waals surface area (Å²) in [5.74, 6) is 0. The molecule has 0 saturated carbocycles. The van der Waals surface area contributed by atoms with Crippen molar-refractivity contribution in [2.45, 2.75) is 77.0 Å². The molecule has 0 aliphatic carbocycles. The molecule has 0 aromatic heterocycles. The standard InChI is InChI=1S/C16H32N2O/c1-4-7-14-12-17-16(2,3)13-18(14)10-5-8-15-9-6-11-19-15/h14-15,17H,4-13H2,1-3H3. The fourth-order valence-electron chi connectivity index (χ4n) is 3.49. The van der Waals surface area contributed by atoms with Gasteiger partial charge in [0.1, 0.15) is 0 Å². The topological polar surface area (TPSA) is 24.5 Å². The molecule has 0 spiro atoms. The van der Waals surface area contributed by atoms with E-state index in [-0.39, 0.29) is 5.54 Å². The highest BCUT2D eigenvalue weighted by Gasteiger charge is 2.31. The quantitative estimate of drug-likeness (QED) is 0.801. The van der Waals surface area contributed by atoms with Crippen LogP contribution in [0.4, 0.5) is 0 Å². The van der Waals surface area contributed by atoms with Crippen LogP contribution in [0.2, 0.25) is 0 Å². The van der Waals surface area contributed by atoms with Crippen LogP contribution >= 0.6 is 0 Å². The van der Waals surface area contributed by atoms with Gasteiger partial charge in [0, 0.05) is 31.3 Å². The Bertz CT molecular complexity index is 261. The number of nitrogens with zero attached hydrogens (tertiary/aromatic N) is 1. The average Bonchev–Trinajstić information content (AvgIpc) is 2.85. The second kappa shape index (κ2) is 7.05. The largest absolute Gasteiger partial charge is 0.378 e. The van der Waals surface area contributed by atoms with Crippen LogP contribution in [0.15, 0.2) is 0 Å². The smallest absolute Gasteiger partial charge is 0.0576 e. The zero-order valence-corrected chi connectivity index (χ0v) is 13.1. The molecule has 0 aromatic carbocycles. The fraction of sp³-hybridized carbons (Fsp3) is 1.00. The molecule has 2 atom stereocenters. The molecule has 0 radical (unpaired) electrons. The molecule has 2 saturated heterocycles. The molecule has 2 fully saturated rings. The number of ether oxygens (including phenoxy) is 1. The van der Waals surface area contributed by atoms with Crippen molar-refractivity contribution in [2.24, 2.45) is 0 Å². The number of nitrogens with one attached hydrogen (secondary N) is 1. The van der Waals surface area contributed by atoms with Crippen LogP contribution in [0.25, 0.3) is 0 Å². The van der Waals surface area contributed by atoms with Gasteiger partial charge in [0.15, 0.2) is 0 Å². The lowest BCUT2D eigenvalue weighted by molar-refractivity contribution is 0.0720. The molecule has 2 rings (SSSR count). The van der Waals surface area contributed by atoms with Gasteiger partial charge < -0.3 is 10.1 Å². The Labute approximate surface area is 119 Å². The van der Waals surface area contributed by atoms with Gasteiger partial charge in [-0.15, -0.1) is 0 Å². The summed E-state index contributed by atoms with van der Waals surface area (Å²) >= 11 is 0. The molecular formula is C16H32N2O. The van der Waals surface area contributed by atoms with E-state index in [4.69, 9.17) is 4.74 Å². The minimum Gasteiger partial charge on any atom is -0.378 e. The average molecular weight is 268 g/mol. The van der Waals surface area contributed by atoms with E-state index in [1.54, 1.807) is 0 Å². The van der Waals surface area contributed by atoms with Crippen LogP contribution in [0, 0.1) is 0 Å². The van der Waals surface area contributed by atoms with Crippen molar-refractivity contribution in [2.75, 3.05) is 26.2 Å². The van der Waals surface area contributed by atoms with E-state index >= 15 is 0 Å². The highest BCUT2D eigenvalue weighted by atomic mass is 16.5. The van der Waals surface area contributed by atoms with Crippen LogP contribution in [0.5, 0.6) is 0 Å². The Hall–Kier alpha value is -0.120. The van der Waals surface area contributed by atoms with E-state index in [1.165, 1.54) is 51.6 Å². The third-order valence-corrected chi connectivity index (χ3v) is 4.55. The first-order chi connectivity index (χ1) is 9.11. The van der Waals surface area contributed by atoms with Crippen molar-refractivity contribution < 1.29 is 4.74 Å². The van der Waals surface area contributed by atoms with Gasteiger partial charge in [0.05, 0.1) is 6.10 Å². The Balaban J connectivity index is 1.76. The van der Waals surface area contributed by atoms with Gasteiger partial charge in [-0.2, -0.15) is 0 Å². The van der Waals surface area contributed by atoms with Gasteiger partial charge in [0.25, 0.3) is 0 Å². The van der Waals surface area contributed by atoms with Crippen LogP contribution in [-0.2, 0) is 4.74 Å². The Morgan fingerprint density at radius 1 is 1.32 bits per heavy atom. The highest BCUT2D eigenvalue weighted by molar-refractivity contribution is 4.92. The number of hydrogen-bond acceptors (Lipinski definition) is 3. The SMILES string of the molecule is CCCC1CNC(C)(C)CN1CCCC1CCCO1. The maximum absolute atomic E-state index is 5.73. The predicted molar refractivity (Wildman–Crippen MR) is 80.6 cm³/mol. The maximum atomic E-state index is 5.73. The highest BCUT2D eigenvalue weighted by Crippen LogP contribution is 2.21. The van der Waals surface area contributed by atoms with Crippen molar-refractivity contribution >= 4 is 0 Å². The van der Waals surface area contributed by atoms with Gasteiger partial charge >= 0.3 is 0 Å². The lowest BCUT2D eigenvalue weighted by Crippen LogP contribution is -2.61. The first kappa shape index (κ1) is 15.3. The number of rotatable bonds is 6. The second-order valence-corrected chi connectivity index (χ2v) is 6.96. The second-order valence-electron chi connectivity index (χ2n) is 6.96. The molecule has 112 valence electrons. The molecular weight excluding hydrogens is 236 g/mol. The summed E-state index contributed by atoms with van der Waals surface area (Å²) in [5, 5.41) is 3.69. The molecule has 19 heavy (non-hydrogen) atoms. The Morgan fingerprint density at radius 3 is 2.84 bits per heavy atom. The van der Waals surface area contributed by atoms with E-state index in [2.05, 4.69) is 31.0 Å². The zero-order valence-electron chi connectivity index (χ0n) is 13.1. The first-order valence-corrected chi connectivity index (χ1v) is 8.21. The van der Waals surface area contributed by atoms with E-state index < -0.39 is 0 Å². The minimum atomic E-state index is 0.272. The Kier molecular flexibility index (Phi) is 5.67. The molecule has 0 amide bonds. The summed E-state index contributed by atoms with van der Waals surface area (Å²) in [6.07, 6.45) is 8.26. The molecule has 1 N–H and O–H groups in total. The van der Waals surface area contributed by atoms with E-state index in [9.17, 15) is 0 Å². The molecule has 2 heterocycles. The van der Waals surface area contributed by atoms with Gasteiger partial charge in [-0.25, -0.2) is 0 Å². The first-order valence-electron chi connectivity index (χ1n) is 8.21. The van der Waals surface area contributed by atoms with Crippen LogP contribution < -0.4 is 5.32 Å². The normalized spacial score (nSPS) is 31.7. The molecule has 0 aromatic rings. The maximum Gasteiger partial charge on any atom is 0.0576 e. The van der Waals surface area contributed by atoms with Crippen molar-refractivity contribution in [3.05, 3.63) is 0 Å². The van der Waals surface area contributed by atoms with Crippen LogP contribution in [-0.4, -0.2) is 48.8 Å². The predicted octanol–water partition coefficient (Wildman–Crippen LogP) is 2.80. The van der Waals surface area contributed by atoms with Crippen molar-refractivity contribution in [1.82, 2.24) is 10.2 Å². The third-order valence-electron chi connectivity index (χ3n) is 4.55. The molecule has 0 bridgehead atoms. The van der Waals surface area contributed by atoms with Crippen molar-refractivity contribution in [1.29, 1.82) is 0 Å². The summed E-state index contributed by atoms with van der Waals surface area (Å²) in [6, 6.07) is 0.738. The number of hydrogen-bond donors (Lipinski definition) is 1. The zero-order chi connectivity index (χ0) is 13.7. The van der Waals surface area contributed by atoms with Crippen LogP contribution in [0.1, 0.15) is 59.3 Å². The monoisotopic (exact) mass is 268 g/mol. The van der Waals surface area contributed by atoms with Gasteiger partial charge in [-0.05, 0) is 52.5 Å². The van der Waals surface area contributed by atoms with Gasteiger partial charge in [-0.1, -0.05) is 13.3 Å². The van der Waals surface area contributed by atoms with E-state index in [1.807, 2.05) is 0 Å². The minimum absolute atomic E-state index is 0.272. The van der Waals surface area contributed by atoms with Crippen LogP contribution in [0.3, 0.4) is 0 Å². The van der Waals surface area contributed by atoms with E-state index in [0.29, 0.717) is 6.10 Å². The fourth-order valence-corrected chi connectivity index (χ4v) is 3.49. The summed E-state index contributed by atoms with van der Waals surface area (Å²) < 4.78 is 5.73. The van der Waals surface area contributed by atoms with Gasteiger partial charge in [-0.3, -0.25) is 4.90 Å². The summed E-state index contributed by atoms with van der Waals surface area (Å²) in [6.45, 7) is 11.5.